The molecule has 2 N–H and O–H groups in total. The third kappa shape index (κ3) is 6.33. The van der Waals surface area contributed by atoms with Gasteiger partial charge in [0.2, 0.25) is 0 Å². The first-order valence-electron chi connectivity index (χ1n) is 9.45. The van der Waals surface area contributed by atoms with Crippen molar-refractivity contribution in [1.29, 1.82) is 0 Å². The molecule has 2 rings (SSSR count). The highest BCUT2D eigenvalue weighted by Gasteiger charge is 2.21. The van der Waals surface area contributed by atoms with E-state index >= 15 is 0 Å². The van der Waals surface area contributed by atoms with Crippen LogP contribution >= 0.6 is 0 Å². The second kappa shape index (κ2) is 9.78. The fourth-order valence-corrected chi connectivity index (χ4v) is 3.76. The molecular formula is C20H33N3O2. The normalized spacial score (nSPS) is 21.1. The molecule has 1 aromatic rings. The molecule has 0 aromatic heterocycles. The van der Waals surface area contributed by atoms with Crippen molar-refractivity contribution < 1.29 is 9.90 Å². The van der Waals surface area contributed by atoms with Crippen LogP contribution in [0.2, 0.25) is 0 Å². The van der Waals surface area contributed by atoms with Crippen molar-refractivity contribution in [3.05, 3.63) is 35.4 Å². The molecule has 1 heterocycles. The van der Waals surface area contributed by atoms with Crippen molar-refractivity contribution in [3.8, 4) is 0 Å². The average molecular weight is 348 g/mol. The van der Waals surface area contributed by atoms with E-state index in [-0.39, 0.29) is 12.6 Å². The number of amides is 2. The summed E-state index contributed by atoms with van der Waals surface area (Å²) in [6, 6.07) is 8.38. The number of nitrogens with zero attached hydrogens (tertiary/aromatic N) is 2. The average Bonchev–Trinajstić information content (AvgIpc) is 2.58. The smallest absolute Gasteiger partial charge is 0.317 e. The lowest BCUT2D eigenvalue weighted by atomic mass is 9.91. The van der Waals surface area contributed by atoms with E-state index in [9.17, 15) is 4.79 Å². The molecule has 2 atom stereocenters. The molecule has 2 unspecified atom stereocenters. The number of carbonyl (C=O) groups is 1. The van der Waals surface area contributed by atoms with Crippen molar-refractivity contribution in [1.82, 2.24) is 15.1 Å². The predicted octanol–water partition coefficient (Wildman–Crippen LogP) is 2.69. The summed E-state index contributed by atoms with van der Waals surface area (Å²) in [5, 5.41) is 11.9. The SMILES string of the molecule is CCN(CCO)C(=O)NCc1ccc(CN2CC(C)CC(C)C2)cc1. The number of nitrogens with one attached hydrogen (secondary N) is 1. The van der Waals surface area contributed by atoms with Crippen molar-refractivity contribution in [2.45, 2.75) is 40.3 Å². The topological polar surface area (TPSA) is 55.8 Å². The quantitative estimate of drug-likeness (QED) is 0.797. The van der Waals surface area contributed by atoms with Gasteiger partial charge in [0.05, 0.1) is 6.61 Å². The lowest BCUT2D eigenvalue weighted by molar-refractivity contribution is 0.134. The van der Waals surface area contributed by atoms with E-state index in [0.29, 0.717) is 19.6 Å². The van der Waals surface area contributed by atoms with E-state index in [1.807, 2.05) is 6.92 Å². The minimum atomic E-state index is -0.128. The lowest BCUT2D eigenvalue weighted by Gasteiger charge is -2.35. The van der Waals surface area contributed by atoms with Gasteiger partial charge in [-0.15, -0.1) is 0 Å². The van der Waals surface area contributed by atoms with Crippen LogP contribution in [0.25, 0.3) is 0 Å². The van der Waals surface area contributed by atoms with Crippen LogP contribution in [0.15, 0.2) is 24.3 Å². The van der Waals surface area contributed by atoms with Crippen molar-refractivity contribution in [2.75, 3.05) is 32.8 Å². The van der Waals surface area contributed by atoms with Crippen LogP contribution < -0.4 is 5.32 Å². The minimum absolute atomic E-state index is 0.0102. The fourth-order valence-electron chi connectivity index (χ4n) is 3.76. The number of carbonyl (C=O) groups excluding carboxylic acids is 1. The summed E-state index contributed by atoms with van der Waals surface area (Å²) in [7, 11) is 0. The highest BCUT2D eigenvalue weighted by molar-refractivity contribution is 5.74. The summed E-state index contributed by atoms with van der Waals surface area (Å²) in [5.41, 5.74) is 2.42. The maximum absolute atomic E-state index is 12.0. The van der Waals surface area contributed by atoms with Crippen LogP contribution in [-0.4, -0.2) is 53.7 Å². The fraction of sp³-hybridized carbons (Fsp3) is 0.650. The Bertz CT molecular complexity index is 522. The number of aliphatic hydroxyl groups is 1. The highest BCUT2D eigenvalue weighted by atomic mass is 16.3. The maximum atomic E-state index is 12.0. The third-order valence-corrected chi connectivity index (χ3v) is 4.86. The summed E-state index contributed by atoms with van der Waals surface area (Å²) in [6.45, 7) is 11.4. The summed E-state index contributed by atoms with van der Waals surface area (Å²) >= 11 is 0. The van der Waals surface area contributed by atoms with Crippen LogP contribution in [0.4, 0.5) is 4.79 Å². The number of likely N-dealkylation sites (tertiary alicyclic amines) is 1. The summed E-state index contributed by atoms with van der Waals surface area (Å²) in [4.78, 5) is 16.2. The first-order valence-corrected chi connectivity index (χ1v) is 9.45. The number of piperidine rings is 1. The monoisotopic (exact) mass is 347 g/mol. The van der Waals surface area contributed by atoms with E-state index in [0.717, 1.165) is 23.9 Å². The zero-order valence-corrected chi connectivity index (χ0v) is 15.9. The first-order chi connectivity index (χ1) is 12.0. The van der Waals surface area contributed by atoms with Crippen molar-refractivity contribution in [3.63, 3.8) is 0 Å². The van der Waals surface area contributed by atoms with Crippen LogP contribution in [-0.2, 0) is 13.1 Å². The van der Waals surface area contributed by atoms with Gasteiger partial charge in [-0.1, -0.05) is 38.1 Å². The molecule has 0 bridgehead atoms. The van der Waals surface area contributed by atoms with Gasteiger partial charge in [0, 0.05) is 39.3 Å². The number of likely N-dealkylation sites (N-methyl/N-ethyl adjacent to an activating group) is 1. The van der Waals surface area contributed by atoms with Gasteiger partial charge in [-0.2, -0.15) is 0 Å². The number of hydrogen-bond donors (Lipinski definition) is 2. The van der Waals surface area contributed by atoms with E-state index in [4.69, 9.17) is 5.11 Å². The Balaban J connectivity index is 1.82. The number of benzene rings is 1. The van der Waals surface area contributed by atoms with Crippen LogP contribution in [0.3, 0.4) is 0 Å². The maximum Gasteiger partial charge on any atom is 0.317 e. The predicted molar refractivity (Wildman–Crippen MR) is 101 cm³/mol. The Kier molecular flexibility index (Phi) is 7.72. The van der Waals surface area contributed by atoms with Crippen molar-refractivity contribution >= 4 is 6.03 Å². The van der Waals surface area contributed by atoms with Gasteiger partial charge in [-0.25, -0.2) is 4.79 Å². The van der Waals surface area contributed by atoms with Gasteiger partial charge >= 0.3 is 6.03 Å². The Hall–Kier alpha value is -1.59. The van der Waals surface area contributed by atoms with Gasteiger partial charge in [-0.05, 0) is 36.3 Å². The molecular weight excluding hydrogens is 314 g/mol. The van der Waals surface area contributed by atoms with Crippen molar-refractivity contribution in [2.24, 2.45) is 11.8 Å². The van der Waals surface area contributed by atoms with E-state index < -0.39 is 0 Å². The van der Waals surface area contributed by atoms with Gasteiger partial charge < -0.3 is 15.3 Å². The zero-order chi connectivity index (χ0) is 18.2. The Morgan fingerprint density at radius 1 is 1.20 bits per heavy atom. The molecule has 1 aliphatic heterocycles. The van der Waals surface area contributed by atoms with Gasteiger partial charge in [0.1, 0.15) is 0 Å². The van der Waals surface area contributed by atoms with Gasteiger partial charge in [0.25, 0.3) is 0 Å². The molecule has 0 spiro atoms. The second-order valence-corrected chi connectivity index (χ2v) is 7.42. The largest absolute Gasteiger partial charge is 0.395 e. The molecule has 0 aliphatic carbocycles. The minimum Gasteiger partial charge on any atom is -0.395 e. The number of rotatable bonds is 7. The lowest BCUT2D eigenvalue weighted by Crippen LogP contribution is -2.41. The molecule has 1 aliphatic rings. The summed E-state index contributed by atoms with van der Waals surface area (Å²) in [6.07, 6.45) is 1.33. The van der Waals surface area contributed by atoms with Crippen LogP contribution in [0.1, 0.15) is 38.3 Å². The number of hydrogen-bond acceptors (Lipinski definition) is 3. The molecule has 1 fully saturated rings. The van der Waals surface area contributed by atoms with E-state index in [1.54, 1.807) is 4.90 Å². The summed E-state index contributed by atoms with van der Waals surface area (Å²) in [5.74, 6) is 1.55. The highest BCUT2D eigenvalue weighted by Crippen LogP contribution is 2.22. The molecule has 5 nitrogen and oxygen atoms in total. The number of urea groups is 1. The molecule has 5 heteroatoms. The molecule has 25 heavy (non-hydrogen) atoms. The first kappa shape index (κ1) is 19.7. The molecule has 1 aromatic carbocycles. The van der Waals surface area contributed by atoms with E-state index in [1.165, 1.54) is 25.1 Å². The van der Waals surface area contributed by atoms with Crippen LogP contribution in [0, 0.1) is 11.8 Å². The van der Waals surface area contributed by atoms with Gasteiger partial charge in [-0.3, -0.25) is 4.90 Å². The summed E-state index contributed by atoms with van der Waals surface area (Å²) < 4.78 is 0. The van der Waals surface area contributed by atoms with Crippen LogP contribution in [0.5, 0.6) is 0 Å². The zero-order valence-electron chi connectivity index (χ0n) is 15.9. The Morgan fingerprint density at radius 2 is 1.80 bits per heavy atom. The standard InChI is InChI=1S/C20H33N3O2/c1-4-23(9-10-24)20(25)21-12-18-5-7-19(8-6-18)15-22-13-16(2)11-17(3)14-22/h5-8,16-17,24H,4,9-15H2,1-3H3,(H,21,25). The van der Waals surface area contributed by atoms with E-state index in [2.05, 4.69) is 48.3 Å². The molecule has 140 valence electrons. The number of aliphatic hydroxyl groups excluding tert-OH is 1. The molecule has 1 saturated heterocycles. The third-order valence-electron chi connectivity index (χ3n) is 4.86. The second-order valence-electron chi connectivity index (χ2n) is 7.42. The molecule has 0 radical (unpaired) electrons. The molecule has 0 saturated carbocycles. The Morgan fingerprint density at radius 3 is 2.36 bits per heavy atom. The van der Waals surface area contributed by atoms with Gasteiger partial charge in [0.15, 0.2) is 0 Å². The molecule has 2 amide bonds. The Labute approximate surface area is 152 Å².